The van der Waals surface area contributed by atoms with Crippen molar-refractivity contribution < 1.29 is 28.3 Å². The molecule has 10 atom stereocenters. The van der Waals surface area contributed by atoms with Crippen LogP contribution in [0.3, 0.4) is 0 Å². The summed E-state index contributed by atoms with van der Waals surface area (Å²) in [5, 5.41) is 6.40. The van der Waals surface area contributed by atoms with Gasteiger partial charge in [-0.15, -0.1) is 0 Å². The SMILES string of the molecule is CN1CCN(C2C(F)CC3C(=O)C(C(=O)NCCC4CCCN4)=CN4C5CC6C(=O)c7ccccc7C(=O)C6CC5OC2C34)CC1. The molecule has 0 bridgehead atoms. The number of piperazine rings is 1. The standard InChI is InChI=1S/C35H44FN5O5/c1-39-11-13-40(14-12-39)30-26(36)15-24-29-34(30)46-28-17-23-22(31(42)20-6-2-3-7-21(20)32(23)43)16-27(28)41(29)18-25(33(24)44)35(45)38-10-8-19-5-4-9-37-19/h2-3,6-7,18-19,22-24,26-30,34,37H,4-5,8-17H2,1H3,(H,38,45). The van der Waals surface area contributed by atoms with E-state index in [2.05, 4.69) is 32.4 Å². The molecule has 4 aliphatic heterocycles. The average Bonchev–Trinajstić information content (AvgIpc) is 3.58. The van der Waals surface area contributed by atoms with E-state index in [-0.39, 0.29) is 35.4 Å². The molecule has 4 heterocycles. The van der Waals surface area contributed by atoms with E-state index in [1.165, 1.54) is 0 Å². The van der Waals surface area contributed by atoms with Crippen molar-refractivity contribution in [2.45, 2.75) is 81.1 Å². The maximum atomic E-state index is 16.4. The fraction of sp³-hybridized carbons (Fsp3) is 0.657. The Bertz CT molecular complexity index is 1450. The van der Waals surface area contributed by atoms with Crippen molar-refractivity contribution in [1.82, 2.24) is 25.3 Å². The Labute approximate surface area is 269 Å². The number of ketones is 3. The normalized spacial score (nSPS) is 39.2. The highest BCUT2D eigenvalue weighted by molar-refractivity contribution is 6.20. The quantitative estimate of drug-likeness (QED) is 0.468. The molecule has 1 aromatic carbocycles. The summed E-state index contributed by atoms with van der Waals surface area (Å²) in [5.74, 6) is -2.56. The second-order valence-corrected chi connectivity index (χ2v) is 14.5. The van der Waals surface area contributed by atoms with Gasteiger partial charge in [0.25, 0.3) is 5.91 Å². The van der Waals surface area contributed by atoms with E-state index in [0.717, 1.165) is 38.9 Å². The van der Waals surface area contributed by atoms with Crippen LogP contribution in [-0.2, 0) is 14.3 Å². The number of benzene rings is 1. The molecule has 10 unspecified atom stereocenters. The molecule has 11 heteroatoms. The van der Waals surface area contributed by atoms with Gasteiger partial charge in [0, 0.05) is 73.8 Å². The van der Waals surface area contributed by atoms with E-state index < -0.39 is 54.1 Å². The highest BCUT2D eigenvalue weighted by atomic mass is 19.1. The van der Waals surface area contributed by atoms with Crippen molar-refractivity contribution >= 4 is 23.3 Å². The van der Waals surface area contributed by atoms with Crippen molar-refractivity contribution in [3.05, 3.63) is 47.2 Å². The Morgan fingerprint density at radius 1 is 0.957 bits per heavy atom. The molecule has 0 aromatic heterocycles. The molecule has 1 amide bonds. The number of carbonyl (C=O) groups excluding carboxylic acids is 4. The first kappa shape index (κ1) is 30.4. The number of amides is 1. The van der Waals surface area contributed by atoms with E-state index in [1.54, 1.807) is 30.5 Å². The molecule has 3 aliphatic carbocycles. The molecule has 2 saturated carbocycles. The molecule has 7 aliphatic rings. The largest absolute Gasteiger partial charge is 0.369 e. The lowest BCUT2D eigenvalue weighted by atomic mass is 9.63. The summed E-state index contributed by atoms with van der Waals surface area (Å²) in [4.78, 5) is 61.6. The maximum Gasteiger partial charge on any atom is 0.256 e. The molecule has 0 radical (unpaired) electrons. The Balaban J connectivity index is 1.13. The molecule has 2 N–H and O–H groups in total. The van der Waals surface area contributed by atoms with Gasteiger partial charge in [-0.3, -0.25) is 24.1 Å². The van der Waals surface area contributed by atoms with Gasteiger partial charge in [-0.25, -0.2) is 4.39 Å². The number of likely N-dealkylation sites (N-methyl/N-ethyl adjacent to an activating group) is 1. The summed E-state index contributed by atoms with van der Waals surface area (Å²) in [6.07, 6.45) is 3.09. The third kappa shape index (κ3) is 4.96. The average molecular weight is 634 g/mol. The van der Waals surface area contributed by atoms with Crippen molar-refractivity contribution in [1.29, 1.82) is 0 Å². The van der Waals surface area contributed by atoms with Gasteiger partial charge in [0.15, 0.2) is 17.3 Å². The number of carbonyl (C=O) groups is 4. The monoisotopic (exact) mass is 633 g/mol. The molecule has 246 valence electrons. The van der Waals surface area contributed by atoms with E-state index >= 15 is 4.39 Å². The zero-order valence-electron chi connectivity index (χ0n) is 26.4. The van der Waals surface area contributed by atoms with Crippen LogP contribution in [0.2, 0.25) is 0 Å². The zero-order chi connectivity index (χ0) is 31.7. The van der Waals surface area contributed by atoms with Crippen LogP contribution in [0.1, 0.15) is 59.2 Å². The lowest BCUT2D eigenvalue weighted by Gasteiger charge is -2.61. The Kier molecular flexibility index (Phi) is 7.86. The maximum absolute atomic E-state index is 16.4. The van der Waals surface area contributed by atoms with E-state index in [1.807, 2.05) is 0 Å². The van der Waals surface area contributed by atoms with Gasteiger partial charge in [-0.2, -0.15) is 0 Å². The van der Waals surface area contributed by atoms with Crippen molar-refractivity contribution in [2.75, 3.05) is 46.3 Å². The second-order valence-electron chi connectivity index (χ2n) is 14.5. The second kappa shape index (κ2) is 11.9. The van der Waals surface area contributed by atoms with Crippen LogP contribution >= 0.6 is 0 Å². The van der Waals surface area contributed by atoms with Gasteiger partial charge in [0.1, 0.15) is 6.17 Å². The molecule has 3 saturated heterocycles. The lowest BCUT2D eigenvalue weighted by Crippen LogP contribution is -2.74. The summed E-state index contributed by atoms with van der Waals surface area (Å²) in [7, 11) is 2.06. The van der Waals surface area contributed by atoms with Gasteiger partial charge in [-0.05, 0) is 52.1 Å². The minimum atomic E-state index is -1.30. The lowest BCUT2D eigenvalue weighted by molar-refractivity contribution is -0.217. The smallest absolute Gasteiger partial charge is 0.256 e. The van der Waals surface area contributed by atoms with Crippen LogP contribution < -0.4 is 10.6 Å². The summed E-state index contributed by atoms with van der Waals surface area (Å²) in [6.45, 7) is 4.47. The van der Waals surface area contributed by atoms with Crippen molar-refractivity contribution in [3.8, 4) is 0 Å². The first-order valence-electron chi connectivity index (χ1n) is 17.2. The topological polar surface area (TPSA) is 111 Å². The number of hydrogen-bond acceptors (Lipinski definition) is 9. The van der Waals surface area contributed by atoms with Crippen molar-refractivity contribution in [2.24, 2.45) is 17.8 Å². The van der Waals surface area contributed by atoms with E-state index in [9.17, 15) is 19.2 Å². The van der Waals surface area contributed by atoms with Crippen LogP contribution in [0.25, 0.3) is 0 Å². The predicted octanol–water partition coefficient (Wildman–Crippen LogP) is 1.60. The molecule has 1 aromatic rings. The number of Topliss-reactive ketones (excluding diaryl/α,β-unsaturated/α-hetero) is 3. The van der Waals surface area contributed by atoms with Crippen LogP contribution in [0.15, 0.2) is 36.0 Å². The summed E-state index contributed by atoms with van der Waals surface area (Å²) < 4.78 is 23.3. The minimum Gasteiger partial charge on any atom is -0.369 e. The summed E-state index contributed by atoms with van der Waals surface area (Å²) >= 11 is 0. The van der Waals surface area contributed by atoms with E-state index in [4.69, 9.17) is 4.74 Å². The van der Waals surface area contributed by atoms with Crippen LogP contribution in [0.5, 0.6) is 0 Å². The minimum absolute atomic E-state index is 0.0295. The predicted molar refractivity (Wildman–Crippen MR) is 167 cm³/mol. The first-order valence-corrected chi connectivity index (χ1v) is 17.2. The Hall–Kier alpha value is -2.99. The molecular weight excluding hydrogens is 589 g/mol. The molecule has 10 nitrogen and oxygen atoms in total. The number of nitrogens with one attached hydrogen (secondary N) is 2. The van der Waals surface area contributed by atoms with Gasteiger partial charge in [-0.1, -0.05) is 24.3 Å². The van der Waals surface area contributed by atoms with Gasteiger partial charge < -0.3 is 25.2 Å². The number of alkyl halides is 1. The summed E-state index contributed by atoms with van der Waals surface area (Å²) in [5.41, 5.74) is 0.991. The van der Waals surface area contributed by atoms with Gasteiger partial charge in [0.05, 0.1) is 35.9 Å². The number of rotatable bonds is 5. The third-order valence-electron chi connectivity index (χ3n) is 12.0. The molecule has 46 heavy (non-hydrogen) atoms. The number of morpholine rings is 1. The van der Waals surface area contributed by atoms with Gasteiger partial charge in [0.2, 0.25) is 0 Å². The number of nitrogens with zero attached hydrogens (tertiary/aromatic N) is 3. The highest BCUT2D eigenvalue weighted by Gasteiger charge is 2.62. The Morgan fingerprint density at radius 2 is 1.67 bits per heavy atom. The number of hydrogen-bond donors (Lipinski definition) is 2. The molecule has 0 spiro atoms. The van der Waals surface area contributed by atoms with Crippen LogP contribution in [0, 0.1) is 17.8 Å². The van der Waals surface area contributed by atoms with E-state index in [0.29, 0.717) is 49.6 Å². The number of ether oxygens (including phenoxy) is 1. The Morgan fingerprint density at radius 3 is 2.37 bits per heavy atom. The van der Waals surface area contributed by atoms with Crippen molar-refractivity contribution in [3.63, 3.8) is 0 Å². The number of halogens is 1. The zero-order valence-corrected chi connectivity index (χ0v) is 26.4. The first-order chi connectivity index (χ1) is 22.3. The fourth-order valence-electron chi connectivity index (χ4n) is 9.66. The molecule has 5 fully saturated rings. The highest BCUT2D eigenvalue weighted by Crippen LogP contribution is 2.50. The molecule has 8 rings (SSSR count). The fourth-order valence-corrected chi connectivity index (χ4v) is 9.66. The van der Waals surface area contributed by atoms with Crippen LogP contribution in [0.4, 0.5) is 4.39 Å². The van der Waals surface area contributed by atoms with Gasteiger partial charge >= 0.3 is 0 Å². The van der Waals surface area contributed by atoms with Crippen LogP contribution in [-0.4, -0.2) is 127 Å². The molecular formula is C35H44FN5O5. The number of fused-ring (bicyclic) bond motifs is 4. The third-order valence-corrected chi connectivity index (χ3v) is 12.0. The summed E-state index contributed by atoms with van der Waals surface area (Å²) in [6, 6.07) is 6.10.